The Hall–Kier alpha value is -3.43. The minimum atomic E-state index is -4.25. The summed E-state index contributed by atoms with van der Waals surface area (Å²) in [6, 6.07) is 17.0. The summed E-state index contributed by atoms with van der Waals surface area (Å²) in [4.78, 5) is 27.2. The first-order valence-corrected chi connectivity index (χ1v) is 13.0. The number of aryl methyl sites for hydroxylation is 1. The number of hydrogen-bond acceptors (Lipinski definition) is 4. The van der Waals surface area contributed by atoms with Crippen molar-refractivity contribution in [3.8, 4) is 0 Å². The summed E-state index contributed by atoms with van der Waals surface area (Å²) >= 11 is 6.30. The molecule has 1 unspecified atom stereocenters. The van der Waals surface area contributed by atoms with Crippen molar-refractivity contribution in [2.75, 3.05) is 17.9 Å². The highest BCUT2D eigenvalue weighted by molar-refractivity contribution is 7.92. The lowest BCUT2D eigenvalue weighted by Gasteiger charge is -2.32. The number of nitrogens with zero attached hydrogens (tertiary/aromatic N) is 2. The van der Waals surface area contributed by atoms with Crippen molar-refractivity contribution in [1.82, 2.24) is 10.2 Å². The molecular weight excluding hydrogens is 505 g/mol. The number of amides is 2. The van der Waals surface area contributed by atoms with Gasteiger partial charge >= 0.3 is 0 Å². The van der Waals surface area contributed by atoms with Gasteiger partial charge in [-0.15, -0.1) is 0 Å². The van der Waals surface area contributed by atoms with Gasteiger partial charge in [0.15, 0.2) is 0 Å². The van der Waals surface area contributed by atoms with Gasteiger partial charge in [-0.2, -0.15) is 0 Å². The molecule has 36 heavy (non-hydrogen) atoms. The van der Waals surface area contributed by atoms with Crippen LogP contribution in [0.15, 0.2) is 77.7 Å². The second-order valence-electron chi connectivity index (χ2n) is 8.20. The topological polar surface area (TPSA) is 86.8 Å². The molecule has 0 radical (unpaired) electrons. The molecule has 0 heterocycles. The number of halogens is 2. The molecule has 7 nitrogen and oxygen atoms in total. The maximum atomic E-state index is 13.6. The summed E-state index contributed by atoms with van der Waals surface area (Å²) < 4.78 is 41.6. The zero-order chi connectivity index (χ0) is 26.5. The van der Waals surface area contributed by atoms with Crippen LogP contribution < -0.4 is 9.62 Å². The molecule has 0 bridgehead atoms. The Morgan fingerprint density at radius 1 is 1.00 bits per heavy atom. The first kappa shape index (κ1) is 27.2. The third-order valence-corrected chi connectivity index (χ3v) is 7.87. The van der Waals surface area contributed by atoms with E-state index in [0.29, 0.717) is 10.6 Å². The van der Waals surface area contributed by atoms with Crippen LogP contribution in [0.25, 0.3) is 0 Å². The van der Waals surface area contributed by atoms with Crippen molar-refractivity contribution in [1.29, 1.82) is 0 Å². The highest BCUT2D eigenvalue weighted by Crippen LogP contribution is 2.26. The van der Waals surface area contributed by atoms with Crippen LogP contribution in [0, 0.1) is 12.7 Å². The Morgan fingerprint density at radius 2 is 1.61 bits per heavy atom. The van der Waals surface area contributed by atoms with Crippen LogP contribution in [-0.4, -0.2) is 44.8 Å². The minimum Gasteiger partial charge on any atom is -0.357 e. The fraction of sp³-hybridized carbons (Fsp3) is 0.231. The van der Waals surface area contributed by atoms with Gasteiger partial charge in [-0.05, 0) is 61.9 Å². The first-order valence-electron chi connectivity index (χ1n) is 11.1. The van der Waals surface area contributed by atoms with Crippen molar-refractivity contribution in [3.05, 3.63) is 94.8 Å². The lowest BCUT2D eigenvalue weighted by molar-refractivity contribution is -0.139. The summed E-state index contributed by atoms with van der Waals surface area (Å²) in [5.74, 6) is -1.62. The molecule has 1 atom stereocenters. The molecule has 0 aromatic heterocycles. The average molecular weight is 532 g/mol. The number of benzene rings is 3. The summed E-state index contributed by atoms with van der Waals surface area (Å²) in [6.07, 6.45) is 0. The van der Waals surface area contributed by atoms with E-state index in [-0.39, 0.29) is 17.1 Å². The van der Waals surface area contributed by atoms with Crippen molar-refractivity contribution in [2.45, 2.75) is 31.3 Å². The number of carbonyl (C=O) groups is 2. The Morgan fingerprint density at radius 3 is 2.19 bits per heavy atom. The highest BCUT2D eigenvalue weighted by atomic mass is 35.5. The molecule has 3 aromatic rings. The van der Waals surface area contributed by atoms with Gasteiger partial charge in [0.05, 0.1) is 10.6 Å². The molecule has 3 rings (SSSR count). The van der Waals surface area contributed by atoms with E-state index in [0.717, 1.165) is 34.1 Å². The third-order valence-electron chi connectivity index (χ3n) is 5.71. The van der Waals surface area contributed by atoms with Crippen LogP contribution in [0.4, 0.5) is 10.1 Å². The quantitative estimate of drug-likeness (QED) is 0.449. The number of anilines is 1. The number of carbonyl (C=O) groups excluding carboxylic acids is 2. The second kappa shape index (κ2) is 11.5. The van der Waals surface area contributed by atoms with Gasteiger partial charge in [0, 0.05) is 18.6 Å². The molecule has 3 aromatic carbocycles. The lowest BCUT2D eigenvalue weighted by atomic mass is 10.1. The van der Waals surface area contributed by atoms with Gasteiger partial charge in [-0.1, -0.05) is 47.5 Å². The average Bonchev–Trinajstić information content (AvgIpc) is 2.86. The zero-order valence-corrected chi connectivity index (χ0v) is 21.7. The largest absolute Gasteiger partial charge is 0.357 e. The molecule has 190 valence electrons. The van der Waals surface area contributed by atoms with Gasteiger partial charge in [-0.25, -0.2) is 12.8 Å². The summed E-state index contributed by atoms with van der Waals surface area (Å²) in [7, 11) is -2.80. The molecule has 0 saturated carbocycles. The standard InChI is InChI=1S/C26H27ClFN3O4S/c1-18-8-12-22(13-9-18)31(36(34,35)23-14-10-21(28)11-15-23)17-25(32)30(19(2)26(33)29-3)16-20-6-4-5-7-24(20)27/h4-15,19H,16-17H2,1-3H3,(H,29,33). The smallest absolute Gasteiger partial charge is 0.264 e. The lowest BCUT2D eigenvalue weighted by Crippen LogP contribution is -2.50. The maximum absolute atomic E-state index is 13.6. The van der Waals surface area contributed by atoms with Gasteiger partial charge in [0.2, 0.25) is 11.8 Å². The Balaban J connectivity index is 2.03. The molecule has 0 fully saturated rings. The van der Waals surface area contributed by atoms with E-state index in [4.69, 9.17) is 11.6 Å². The maximum Gasteiger partial charge on any atom is 0.264 e. The van der Waals surface area contributed by atoms with Crippen molar-refractivity contribution in [2.24, 2.45) is 0 Å². The van der Waals surface area contributed by atoms with Crippen LogP contribution in [0.5, 0.6) is 0 Å². The van der Waals surface area contributed by atoms with E-state index < -0.39 is 40.2 Å². The van der Waals surface area contributed by atoms with Crippen molar-refractivity contribution < 1.29 is 22.4 Å². The SMILES string of the molecule is CNC(=O)C(C)N(Cc1ccccc1Cl)C(=O)CN(c1ccc(C)cc1)S(=O)(=O)c1ccc(F)cc1. The molecular formula is C26H27ClFN3O4S. The van der Waals surface area contributed by atoms with E-state index >= 15 is 0 Å². The van der Waals surface area contributed by atoms with Gasteiger partial charge in [0.1, 0.15) is 18.4 Å². The van der Waals surface area contributed by atoms with E-state index in [1.165, 1.54) is 11.9 Å². The number of likely N-dealkylation sites (N-methyl/N-ethyl adjacent to an activating group) is 1. The minimum absolute atomic E-state index is 0.00850. The molecule has 2 amide bonds. The van der Waals surface area contributed by atoms with E-state index in [9.17, 15) is 22.4 Å². The zero-order valence-electron chi connectivity index (χ0n) is 20.1. The fourth-order valence-electron chi connectivity index (χ4n) is 3.58. The second-order valence-corrected chi connectivity index (χ2v) is 10.5. The fourth-order valence-corrected chi connectivity index (χ4v) is 5.18. The Kier molecular flexibility index (Phi) is 8.70. The van der Waals surface area contributed by atoms with Crippen LogP contribution >= 0.6 is 11.6 Å². The van der Waals surface area contributed by atoms with Gasteiger partial charge in [0.25, 0.3) is 10.0 Å². The molecule has 10 heteroatoms. The molecule has 0 spiro atoms. The first-order chi connectivity index (χ1) is 17.0. The number of hydrogen-bond donors (Lipinski definition) is 1. The molecule has 0 aliphatic heterocycles. The van der Waals surface area contributed by atoms with Crippen LogP contribution in [0.3, 0.4) is 0 Å². The third kappa shape index (κ3) is 6.22. The number of nitrogens with one attached hydrogen (secondary N) is 1. The van der Waals surface area contributed by atoms with Gasteiger partial charge in [-0.3, -0.25) is 13.9 Å². The van der Waals surface area contributed by atoms with E-state index in [1.807, 2.05) is 6.92 Å². The summed E-state index contributed by atoms with van der Waals surface area (Å²) in [5, 5.41) is 2.93. The van der Waals surface area contributed by atoms with Crippen molar-refractivity contribution >= 4 is 39.1 Å². The van der Waals surface area contributed by atoms with Crippen LogP contribution in [0.1, 0.15) is 18.1 Å². The van der Waals surface area contributed by atoms with Crippen LogP contribution in [0.2, 0.25) is 5.02 Å². The molecule has 0 aliphatic carbocycles. The summed E-state index contributed by atoms with van der Waals surface area (Å²) in [6.45, 7) is 2.81. The molecule has 1 N–H and O–H groups in total. The van der Waals surface area contributed by atoms with Crippen molar-refractivity contribution in [3.63, 3.8) is 0 Å². The number of rotatable bonds is 9. The normalized spacial score (nSPS) is 12.0. The summed E-state index contributed by atoms with van der Waals surface area (Å²) in [5.41, 5.74) is 1.76. The Labute approximate surface area is 215 Å². The van der Waals surface area contributed by atoms with Gasteiger partial charge < -0.3 is 10.2 Å². The molecule has 0 saturated heterocycles. The number of sulfonamides is 1. The van der Waals surface area contributed by atoms with Crippen LogP contribution in [-0.2, 0) is 26.2 Å². The monoisotopic (exact) mass is 531 g/mol. The predicted octanol–water partition coefficient (Wildman–Crippen LogP) is 4.15. The highest BCUT2D eigenvalue weighted by Gasteiger charge is 2.32. The Bertz CT molecular complexity index is 1330. The van der Waals surface area contributed by atoms with E-state index in [1.54, 1.807) is 55.5 Å². The molecule has 0 aliphatic rings. The van der Waals surface area contributed by atoms with E-state index in [2.05, 4.69) is 5.32 Å². The predicted molar refractivity (Wildman–Crippen MR) is 138 cm³/mol.